The Morgan fingerprint density at radius 2 is 1.88 bits per heavy atom. The molecule has 1 atom stereocenters. The van der Waals surface area contributed by atoms with E-state index < -0.39 is 0 Å². The lowest BCUT2D eigenvalue weighted by Crippen LogP contribution is -2.14. The summed E-state index contributed by atoms with van der Waals surface area (Å²) in [4.78, 5) is 0. The molecule has 0 saturated carbocycles. The van der Waals surface area contributed by atoms with Crippen LogP contribution in [0.25, 0.3) is 10.8 Å². The average molecular weight is 353 g/mol. The van der Waals surface area contributed by atoms with Crippen molar-refractivity contribution in [3.63, 3.8) is 0 Å². The van der Waals surface area contributed by atoms with Crippen LogP contribution in [0.5, 0.6) is 5.75 Å². The largest absolute Gasteiger partial charge is 0.489 e. The van der Waals surface area contributed by atoms with Crippen molar-refractivity contribution in [3.8, 4) is 5.75 Å². The fraction of sp³-hybridized carbons (Fsp3) is 0.238. The molecule has 4 heteroatoms. The molecule has 4 rings (SSSR count). The highest BCUT2D eigenvalue weighted by Crippen LogP contribution is 2.25. The number of thioether (sulfide) groups is 1. The lowest BCUT2D eigenvalue weighted by atomic mass is 10.0. The number of rotatable bonds is 5. The molecule has 1 aliphatic heterocycles. The summed E-state index contributed by atoms with van der Waals surface area (Å²) in [7, 11) is 0. The molecule has 0 radical (unpaired) electrons. The van der Waals surface area contributed by atoms with Gasteiger partial charge in [0, 0.05) is 23.2 Å². The average Bonchev–Trinajstić information content (AvgIpc) is 3.14. The van der Waals surface area contributed by atoms with Crippen molar-refractivity contribution in [3.05, 3.63) is 77.6 Å². The molecule has 1 unspecified atom stereocenters. The third-order valence-electron chi connectivity index (χ3n) is 4.48. The van der Waals surface area contributed by atoms with Crippen molar-refractivity contribution >= 4 is 22.5 Å². The number of fused-ring (bicyclic) bond motifs is 1. The highest BCUT2D eigenvalue weighted by atomic mass is 32.2. The minimum atomic E-state index is -0.229. The second kappa shape index (κ2) is 7.46. The summed E-state index contributed by atoms with van der Waals surface area (Å²) in [6.07, 6.45) is 1.10. The minimum Gasteiger partial charge on any atom is -0.489 e. The monoisotopic (exact) mass is 353 g/mol. The zero-order valence-electron chi connectivity index (χ0n) is 13.9. The lowest BCUT2D eigenvalue weighted by molar-refractivity contribution is 0.300. The van der Waals surface area contributed by atoms with Crippen molar-refractivity contribution in [2.24, 2.45) is 0 Å². The van der Waals surface area contributed by atoms with Crippen LogP contribution in [-0.2, 0) is 13.0 Å². The summed E-state index contributed by atoms with van der Waals surface area (Å²) >= 11 is 1.99. The smallest absolute Gasteiger partial charge is 0.129 e. The van der Waals surface area contributed by atoms with Gasteiger partial charge in [0.25, 0.3) is 0 Å². The van der Waals surface area contributed by atoms with Gasteiger partial charge in [0.05, 0.1) is 0 Å². The summed E-state index contributed by atoms with van der Waals surface area (Å²) < 4.78 is 19.4. The molecule has 25 heavy (non-hydrogen) atoms. The highest BCUT2D eigenvalue weighted by molar-refractivity contribution is 8.00. The number of halogens is 1. The first-order valence-electron chi connectivity index (χ1n) is 8.49. The van der Waals surface area contributed by atoms with Crippen LogP contribution < -0.4 is 10.1 Å². The molecule has 0 aromatic heterocycles. The van der Waals surface area contributed by atoms with Gasteiger partial charge in [0.2, 0.25) is 0 Å². The Balaban J connectivity index is 1.47. The van der Waals surface area contributed by atoms with Crippen molar-refractivity contribution in [2.75, 3.05) is 12.4 Å². The van der Waals surface area contributed by atoms with Crippen LogP contribution in [0.2, 0.25) is 0 Å². The third kappa shape index (κ3) is 3.97. The minimum absolute atomic E-state index is 0.229. The number of hydrogen-bond acceptors (Lipinski definition) is 3. The summed E-state index contributed by atoms with van der Waals surface area (Å²) in [5.41, 5.74) is 1.94. The number of nitrogens with one attached hydrogen (secondary N) is 1. The number of benzene rings is 3. The van der Waals surface area contributed by atoms with Crippen molar-refractivity contribution in [2.45, 2.75) is 18.3 Å². The van der Waals surface area contributed by atoms with Gasteiger partial charge in [-0.3, -0.25) is 0 Å². The molecule has 0 amide bonds. The molecule has 3 aromatic rings. The first-order chi connectivity index (χ1) is 12.3. The molecule has 1 heterocycles. The summed E-state index contributed by atoms with van der Waals surface area (Å²) in [6.45, 7) is 1.33. The maximum Gasteiger partial charge on any atom is 0.129 e. The Morgan fingerprint density at radius 3 is 2.72 bits per heavy atom. The highest BCUT2D eigenvalue weighted by Gasteiger charge is 2.15. The number of ether oxygens (including phenoxy) is 1. The van der Waals surface area contributed by atoms with Gasteiger partial charge in [-0.2, -0.15) is 0 Å². The molecule has 0 bridgehead atoms. The molecule has 128 valence electrons. The van der Waals surface area contributed by atoms with Crippen molar-refractivity contribution in [1.29, 1.82) is 0 Å². The van der Waals surface area contributed by atoms with Crippen LogP contribution in [0.3, 0.4) is 0 Å². The molecule has 1 aliphatic rings. The van der Waals surface area contributed by atoms with Gasteiger partial charge in [-0.05, 0) is 41.0 Å². The van der Waals surface area contributed by atoms with Crippen LogP contribution in [-0.4, -0.2) is 17.7 Å². The predicted octanol–water partition coefficient (Wildman–Crippen LogP) is 4.76. The molecule has 1 saturated heterocycles. The Bertz CT molecular complexity index is 877. The van der Waals surface area contributed by atoms with Gasteiger partial charge in [-0.15, -0.1) is 11.8 Å². The van der Waals surface area contributed by atoms with E-state index in [1.54, 1.807) is 12.1 Å². The second-order valence-electron chi connectivity index (χ2n) is 6.31. The molecule has 1 fully saturated rings. The van der Waals surface area contributed by atoms with Crippen LogP contribution in [0.15, 0.2) is 60.7 Å². The number of hydrogen-bond donors (Lipinski definition) is 1. The Hall–Kier alpha value is -2.04. The van der Waals surface area contributed by atoms with E-state index in [0.717, 1.165) is 30.0 Å². The van der Waals surface area contributed by atoms with E-state index >= 15 is 0 Å². The Kier molecular flexibility index (Phi) is 4.90. The van der Waals surface area contributed by atoms with Gasteiger partial charge in [0.15, 0.2) is 0 Å². The maximum absolute atomic E-state index is 13.7. The van der Waals surface area contributed by atoms with Crippen LogP contribution in [0, 0.1) is 5.82 Å². The van der Waals surface area contributed by atoms with E-state index in [-0.39, 0.29) is 12.4 Å². The van der Waals surface area contributed by atoms with E-state index in [1.165, 1.54) is 17.0 Å². The van der Waals surface area contributed by atoms with Crippen molar-refractivity contribution < 1.29 is 9.13 Å². The molecular weight excluding hydrogens is 333 g/mol. The lowest BCUT2D eigenvalue weighted by Gasteiger charge is -2.10. The molecule has 2 nitrogen and oxygen atoms in total. The van der Waals surface area contributed by atoms with Crippen LogP contribution in [0.1, 0.15) is 11.1 Å². The molecule has 0 aliphatic carbocycles. The zero-order chi connectivity index (χ0) is 17.1. The Labute approximate surface area is 151 Å². The predicted molar refractivity (Wildman–Crippen MR) is 103 cm³/mol. The Morgan fingerprint density at radius 1 is 1.04 bits per heavy atom. The van der Waals surface area contributed by atoms with Crippen LogP contribution >= 0.6 is 11.8 Å². The van der Waals surface area contributed by atoms with Gasteiger partial charge < -0.3 is 10.1 Å². The van der Waals surface area contributed by atoms with E-state index in [0.29, 0.717) is 10.8 Å². The SMILES string of the molecule is Fc1ccccc1COc1ccc2cc(CC3CNCS3)ccc2c1. The standard InChI is InChI=1S/C21H20FNOS/c22-21-4-2-1-3-18(21)13-24-19-8-7-16-9-15(5-6-17(16)11-19)10-20-12-23-14-25-20/h1-9,11,20,23H,10,12-14H2. The topological polar surface area (TPSA) is 21.3 Å². The summed E-state index contributed by atoms with van der Waals surface area (Å²) in [5, 5.41) is 6.42. The van der Waals surface area contributed by atoms with Gasteiger partial charge >= 0.3 is 0 Å². The molecule has 3 aromatic carbocycles. The third-order valence-corrected chi connectivity index (χ3v) is 5.66. The molecular formula is C21H20FNOS. The van der Waals surface area contributed by atoms with Gasteiger partial charge in [0.1, 0.15) is 18.2 Å². The first kappa shape index (κ1) is 16.4. The van der Waals surface area contributed by atoms with Gasteiger partial charge in [-0.1, -0.05) is 42.5 Å². The molecule has 1 N–H and O–H groups in total. The zero-order valence-corrected chi connectivity index (χ0v) is 14.7. The summed E-state index contributed by atoms with van der Waals surface area (Å²) in [5.74, 6) is 1.59. The first-order valence-corrected chi connectivity index (χ1v) is 9.54. The fourth-order valence-corrected chi connectivity index (χ4v) is 4.13. The normalized spacial score (nSPS) is 17.1. The second-order valence-corrected chi connectivity index (χ2v) is 7.60. The van der Waals surface area contributed by atoms with E-state index in [9.17, 15) is 4.39 Å². The quantitative estimate of drug-likeness (QED) is 0.714. The van der Waals surface area contributed by atoms with E-state index in [4.69, 9.17) is 4.74 Å². The van der Waals surface area contributed by atoms with E-state index in [2.05, 4.69) is 29.6 Å². The van der Waals surface area contributed by atoms with E-state index in [1.807, 2.05) is 30.0 Å². The van der Waals surface area contributed by atoms with Crippen molar-refractivity contribution in [1.82, 2.24) is 5.32 Å². The molecule has 0 spiro atoms. The van der Waals surface area contributed by atoms with Crippen LogP contribution in [0.4, 0.5) is 4.39 Å². The summed E-state index contributed by atoms with van der Waals surface area (Å²) in [6, 6.07) is 19.4. The van der Waals surface area contributed by atoms with Gasteiger partial charge in [-0.25, -0.2) is 4.39 Å². The fourth-order valence-electron chi connectivity index (χ4n) is 3.12. The maximum atomic E-state index is 13.7.